The molecule has 1 N–H and O–H groups in total. The molecule has 2 heterocycles. The fourth-order valence-corrected chi connectivity index (χ4v) is 5.56. The van der Waals surface area contributed by atoms with E-state index in [4.69, 9.17) is 9.47 Å². The van der Waals surface area contributed by atoms with E-state index in [0.717, 1.165) is 5.75 Å². The van der Waals surface area contributed by atoms with E-state index in [0.29, 0.717) is 6.42 Å². The van der Waals surface area contributed by atoms with Crippen LogP contribution < -0.4 is 0 Å². The van der Waals surface area contributed by atoms with E-state index in [2.05, 4.69) is 30.3 Å². The van der Waals surface area contributed by atoms with Gasteiger partial charge in [-0.05, 0) is 29.8 Å². The van der Waals surface area contributed by atoms with Crippen LogP contribution in [0.2, 0.25) is 0 Å². The van der Waals surface area contributed by atoms with Crippen molar-refractivity contribution in [3.8, 4) is 0 Å². The minimum Gasteiger partial charge on any atom is -0.363 e. The van der Waals surface area contributed by atoms with Gasteiger partial charge in [-0.1, -0.05) is 30.3 Å². The summed E-state index contributed by atoms with van der Waals surface area (Å²) in [5, 5.41) is 13.1. The number of hydrogen-bond acceptors (Lipinski definition) is 5. The summed E-state index contributed by atoms with van der Waals surface area (Å²) in [5.74, 6) is -0.561. The second-order valence-electron chi connectivity index (χ2n) is 7.56. The van der Waals surface area contributed by atoms with Crippen molar-refractivity contribution in [2.45, 2.75) is 42.3 Å². The zero-order valence-electron chi connectivity index (χ0n) is 14.0. The second kappa shape index (κ2) is 5.30. The van der Waals surface area contributed by atoms with Gasteiger partial charge < -0.3 is 14.6 Å². The molecule has 1 aliphatic carbocycles. The van der Waals surface area contributed by atoms with Crippen LogP contribution in [0.5, 0.6) is 0 Å². The van der Waals surface area contributed by atoms with E-state index < -0.39 is 17.7 Å². The van der Waals surface area contributed by atoms with Crippen LogP contribution in [0.25, 0.3) is 10.8 Å². The van der Waals surface area contributed by atoms with Crippen LogP contribution in [0.15, 0.2) is 47.4 Å². The first-order chi connectivity index (χ1) is 12.0. The van der Waals surface area contributed by atoms with Crippen molar-refractivity contribution in [3.05, 3.63) is 42.5 Å². The Morgan fingerprint density at radius 1 is 1.20 bits per heavy atom. The number of aliphatic hydroxyl groups is 1. The first-order valence-corrected chi connectivity index (χ1v) is 9.68. The van der Waals surface area contributed by atoms with Crippen molar-refractivity contribution in [2.75, 3.05) is 5.75 Å². The zero-order chi connectivity index (χ0) is 17.2. The first-order valence-electron chi connectivity index (χ1n) is 8.70. The Hall–Kier alpha value is -1.40. The molecule has 2 saturated heterocycles. The SMILES string of the molecule is C[C@]12CC(=O)[C@@H]3C[C@@]1(O)O[C@H](O2)C3CSc1ccc2ccccc2c1. The lowest BCUT2D eigenvalue weighted by molar-refractivity contribution is -0.266. The zero-order valence-corrected chi connectivity index (χ0v) is 14.8. The van der Waals surface area contributed by atoms with Gasteiger partial charge >= 0.3 is 0 Å². The fourth-order valence-electron chi connectivity index (χ4n) is 4.41. The van der Waals surface area contributed by atoms with Crippen molar-refractivity contribution in [1.82, 2.24) is 0 Å². The average molecular weight is 356 g/mol. The summed E-state index contributed by atoms with van der Waals surface area (Å²) >= 11 is 1.72. The van der Waals surface area contributed by atoms with Crippen molar-refractivity contribution in [3.63, 3.8) is 0 Å². The molecular formula is C20H20O4S. The summed E-state index contributed by atoms with van der Waals surface area (Å²) < 4.78 is 11.8. The maximum atomic E-state index is 12.5. The number of fused-ring (bicyclic) bond motifs is 3. The third-order valence-electron chi connectivity index (χ3n) is 5.97. The van der Waals surface area contributed by atoms with Gasteiger partial charge in [-0.15, -0.1) is 11.8 Å². The molecule has 1 unspecified atom stereocenters. The van der Waals surface area contributed by atoms with Gasteiger partial charge in [0.15, 0.2) is 12.1 Å². The summed E-state index contributed by atoms with van der Waals surface area (Å²) in [7, 11) is 0. The predicted molar refractivity (Wildman–Crippen MR) is 95.2 cm³/mol. The standard InChI is InChI=1S/C20H20O4S/c1-19-10-17(21)15-9-20(19,22)24-18(23-19)16(15)11-25-14-7-6-12-4-2-3-5-13(12)8-14/h2-8,15-16,18,22H,9-11H2,1H3/t15-,16?,18+,19+,20-/m1/s1. The topological polar surface area (TPSA) is 55.8 Å². The van der Waals surface area contributed by atoms with Crippen LogP contribution in [-0.4, -0.2) is 34.3 Å². The number of rotatable bonds is 3. The van der Waals surface area contributed by atoms with Gasteiger partial charge in [-0.2, -0.15) is 0 Å². The first kappa shape index (κ1) is 15.8. The van der Waals surface area contributed by atoms with Crippen LogP contribution in [0.3, 0.4) is 0 Å². The van der Waals surface area contributed by atoms with Crippen molar-refractivity contribution in [2.24, 2.45) is 11.8 Å². The quantitative estimate of drug-likeness (QED) is 0.855. The van der Waals surface area contributed by atoms with Gasteiger partial charge in [-0.3, -0.25) is 4.79 Å². The Morgan fingerprint density at radius 2 is 2.00 bits per heavy atom. The van der Waals surface area contributed by atoms with Crippen LogP contribution in [-0.2, 0) is 14.3 Å². The number of carbonyl (C=O) groups excluding carboxylic acids is 1. The monoisotopic (exact) mass is 356 g/mol. The highest BCUT2D eigenvalue weighted by atomic mass is 32.2. The van der Waals surface area contributed by atoms with E-state index in [1.807, 2.05) is 12.1 Å². The van der Waals surface area contributed by atoms with E-state index in [-0.39, 0.29) is 24.0 Å². The highest BCUT2D eigenvalue weighted by Crippen LogP contribution is 2.56. The molecule has 5 rings (SSSR count). The molecule has 1 saturated carbocycles. The van der Waals surface area contributed by atoms with Crippen molar-refractivity contribution in [1.29, 1.82) is 0 Å². The van der Waals surface area contributed by atoms with E-state index in [1.54, 1.807) is 18.7 Å². The third-order valence-corrected chi connectivity index (χ3v) is 7.10. The summed E-state index contributed by atoms with van der Waals surface area (Å²) in [6.45, 7) is 1.79. The minimum atomic E-state index is -1.31. The summed E-state index contributed by atoms with van der Waals surface area (Å²) in [6.07, 6.45) is 0.0944. The lowest BCUT2D eigenvalue weighted by atomic mass is 9.70. The number of hydrogen-bond donors (Lipinski definition) is 1. The molecule has 3 bridgehead atoms. The number of benzene rings is 2. The third kappa shape index (κ3) is 2.30. The second-order valence-corrected chi connectivity index (χ2v) is 8.65. The number of ether oxygens (including phenoxy) is 2. The molecule has 2 aromatic carbocycles. The van der Waals surface area contributed by atoms with Gasteiger partial charge in [0.2, 0.25) is 0 Å². The van der Waals surface area contributed by atoms with Crippen LogP contribution in [0.4, 0.5) is 0 Å². The molecule has 0 radical (unpaired) electrons. The highest BCUT2D eigenvalue weighted by Gasteiger charge is 2.69. The number of Topliss-reactive ketones (excluding diaryl/α,β-unsaturated/α-hetero) is 1. The van der Waals surface area contributed by atoms with Crippen molar-refractivity contribution >= 4 is 28.3 Å². The summed E-state index contributed by atoms with van der Waals surface area (Å²) in [5.41, 5.74) is -0.895. The molecule has 5 atom stereocenters. The molecule has 2 aliphatic heterocycles. The highest BCUT2D eigenvalue weighted by molar-refractivity contribution is 7.99. The van der Waals surface area contributed by atoms with Gasteiger partial charge in [0, 0.05) is 35.3 Å². The Morgan fingerprint density at radius 3 is 2.84 bits per heavy atom. The lowest BCUT2D eigenvalue weighted by Gasteiger charge is -2.45. The van der Waals surface area contributed by atoms with E-state index in [1.165, 1.54) is 15.7 Å². The van der Waals surface area contributed by atoms with Crippen molar-refractivity contribution < 1.29 is 19.4 Å². The molecule has 25 heavy (non-hydrogen) atoms. The lowest BCUT2D eigenvalue weighted by Crippen LogP contribution is -2.59. The largest absolute Gasteiger partial charge is 0.363 e. The molecule has 4 nitrogen and oxygen atoms in total. The summed E-state index contributed by atoms with van der Waals surface area (Å²) in [6, 6.07) is 14.7. The molecule has 130 valence electrons. The van der Waals surface area contributed by atoms with Gasteiger partial charge in [-0.25, -0.2) is 0 Å². The van der Waals surface area contributed by atoms with Crippen LogP contribution >= 0.6 is 11.8 Å². The average Bonchev–Trinajstić information content (AvgIpc) is 2.75. The Kier molecular flexibility index (Phi) is 3.36. The molecule has 0 amide bonds. The number of ketones is 1. The molecule has 2 aromatic rings. The Labute approximate surface area is 150 Å². The number of carbonyl (C=O) groups is 1. The van der Waals surface area contributed by atoms with Crippen LogP contribution in [0.1, 0.15) is 19.8 Å². The Balaban J connectivity index is 1.38. The normalized spacial score (nSPS) is 39.3. The molecule has 3 fully saturated rings. The van der Waals surface area contributed by atoms with Gasteiger partial charge in [0.1, 0.15) is 11.4 Å². The smallest absolute Gasteiger partial charge is 0.198 e. The van der Waals surface area contributed by atoms with Crippen LogP contribution in [0, 0.1) is 11.8 Å². The maximum absolute atomic E-state index is 12.5. The van der Waals surface area contributed by atoms with Gasteiger partial charge in [0.05, 0.1) is 0 Å². The summed E-state index contributed by atoms with van der Waals surface area (Å²) in [4.78, 5) is 13.7. The number of thioether (sulfide) groups is 1. The molecule has 0 spiro atoms. The molecule has 0 aromatic heterocycles. The molecular weight excluding hydrogens is 336 g/mol. The fraction of sp³-hybridized carbons (Fsp3) is 0.450. The van der Waals surface area contributed by atoms with E-state index in [9.17, 15) is 9.90 Å². The van der Waals surface area contributed by atoms with E-state index >= 15 is 0 Å². The van der Waals surface area contributed by atoms with Gasteiger partial charge in [0.25, 0.3) is 0 Å². The minimum absolute atomic E-state index is 0.0198. The Bertz CT molecular complexity index is 868. The molecule has 3 aliphatic rings. The molecule has 5 heteroatoms. The predicted octanol–water partition coefficient (Wildman–Crippen LogP) is 3.36. The maximum Gasteiger partial charge on any atom is 0.198 e.